The Bertz CT molecular complexity index is 364. The van der Waals surface area contributed by atoms with Crippen LogP contribution in [0, 0.1) is 5.92 Å². The third-order valence-corrected chi connectivity index (χ3v) is 4.38. The average molecular weight is 464 g/mol. The monoisotopic (exact) mass is 464 g/mol. The van der Waals surface area contributed by atoms with Crippen molar-refractivity contribution in [3.63, 3.8) is 0 Å². The van der Waals surface area contributed by atoms with Crippen LogP contribution in [0.3, 0.4) is 0 Å². The highest BCUT2D eigenvalue weighted by Gasteiger charge is 2.42. The number of nitrogens with zero attached hydrogens (tertiary/aromatic N) is 2. The van der Waals surface area contributed by atoms with Crippen LogP contribution in [0.15, 0.2) is 4.99 Å². The molecule has 2 N–H and O–H groups in total. The Morgan fingerprint density at radius 1 is 1.25 bits per heavy atom. The predicted molar refractivity (Wildman–Crippen MR) is 104 cm³/mol. The Labute approximate surface area is 161 Å². The molecule has 0 aromatic rings. The largest absolute Gasteiger partial charge is 0.391 e. The summed E-state index contributed by atoms with van der Waals surface area (Å²) in [6.07, 6.45) is 0.0194. The minimum atomic E-state index is -4.08. The fourth-order valence-corrected chi connectivity index (χ4v) is 2.91. The summed E-state index contributed by atoms with van der Waals surface area (Å²) in [4.78, 5) is 6.36. The van der Waals surface area contributed by atoms with Crippen molar-refractivity contribution in [3.05, 3.63) is 0 Å². The van der Waals surface area contributed by atoms with Crippen LogP contribution in [0.5, 0.6) is 0 Å². The highest BCUT2D eigenvalue weighted by atomic mass is 127. The standard InChI is InChI=1S/C16H31F3N4.HI/c1-4-5-10-23(3)11-9-21-15(20-2)22-14-8-6-7-13(12-14)16(17,18)19;/h13-14H,4-12H2,1-3H3,(H2,20,21,22);1H. The topological polar surface area (TPSA) is 39.7 Å². The molecule has 2 atom stereocenters. The lowest BCUT2D eigenvalue weighted by Gasteiger charge is -2.32. The van der Waals surface area contributed by atoms with E-state index in [1.165, 1.54) is 12.8 Å². The Balaban J connectivity index is 0.00000529. The van der Waals surface area contributed by atoms with Crippen molar-refractivity contribution in [2.75, 3.05) is 33.7 Å². The summed E-state index contributed by atoms with van der Waals surface area (Å²) in [6, 6.07) is -0.153. The van der Waals surface area contributed by atoms with E-state index in [0.717, 1.165) is 26.1 Å². The summed E-state index contributed by atoms with van der Waals surface area (Å²) >= 11 is 0. The first kappa shape index (κ1) is 23.8. The van der Waals surface area contributed by atoms with Gasteiger partial charge in [0.05, 0.1) is 5.92 Å². The average Bonchev–Trinajstić information content (AvgIpc) is 2.51. The lowest BCUT2D eigenvalue weighted by Crippen LogP contribution is -2.48. The van der Waals surface area contributed by atoms with Crippen LogP contribution in [0.1, 0.15) is 45.4 Å². The molecule has 1 aliphatic rings. The number of aliphatic imine (C=N–C) groups is 1. The first-order valence-corrected chi connectivity index (χ1v) is 8.59. The highest BCUT2D eigenvalue weighted by Crippen LogP contribution is 2.37. The van der Waals surface area contributed by atoms with Gasteiger partial charge in [-0.3, -0.25) is 4.99 Å². The molecule has 0 bridgehead atoms. The van der Waals surface area contributed by atoms with E-state index in [9.17, 15) is 13.2 Å². The van der Waals surface area contributed by atoms with E-state index >= 15 is 0 Å². The van der Waals surface area contributed by atoms with Gasteiger partial charge in [0.25, 0.3) is 0 Å². The summed E-state index contributed by atoms with van der Waals surface area (Å²) in [6.45, 7) is 4.84. The van der Waals surface area contributed by atoms with Crippen LogP contribution in [0.25, 0.3) is 0 Å². The summed E-state index contributed by atoms with van der Waals surface area (Å²) in [5.74, 6) is -0.589. The fraction of sp³-hybridized carbons (Fsp3) is 0.938. The molecule has 24 heavy (non-hydrogen) atoms. The second-order valence-electron chi connectivity index (χ2n) is 6.40. The molecule has 0 radical (unpaired) electrons. The van der Waals surface area contributed by atoms with Crippen molar-refractivity contribution in [1.29, 1.82) is 0 Å². The van der Waals surface area contributed by atoms with E-state index in [4.69, 9.17) is 0 Å². The summed E-state index contributed by atoms with van der Waals surface area (Å²) in [5.41, 5.74) is 0. The molecular formula is C16H32F3IN4. The number of halogens is 4. The van der Waals surface area contributed by atoms with E-state index in [2.05, 4.69) is 34.5 Å². The molecule has 1 rings (SSSR count). The van der Waals surface area contributed by atoms with Gasteiger partial charge in [-0.25, -0.2) is 0 Å². The smallest absolute Gasteiger partial charge is 0.355 e. The lowest BCUT2D eigenvalue weighted by molar-refractivity contribution is -0.183. The molecule has 1 saturated carbocycles. The zero-order valence-corrected chi connectivity index (χ0v) is 17.3. The van der Waals surface area contributed by atoms with Gasteiger partial charge < -0.3 is 15.5 Å². The third kappa shape index (κ3) is 9.29. The Morgan fingerprint density at radius 3 is 2.54 bits per heavy atom. The number of hydrogen-bond acceptors (Lipinski definition) is 2. The van der Waals surface area contributed by atoms with Gasteiger partial charge in [-0.2, -0.15) is 13.2 Å². The maximum atomic E-state index is 12.8. The number of guanidine groups is 1. The number of likely N-dealkylation sites (N-methyl/N-ethyl adjacent to an activating group) is 1. The van der Waals surface area contributed by atoms with Crippen molar-refractivity contribution >= 4 is 29.9 Å². The normalized spacial score (nSPS) is 22.2. The molecule has 0 aromatic heterocycles. The van der Waals surface area contributed by atoms with Gasteiger partial charge in [0, 0.05) is 26.2 Å². The maximum Gasteiger partial charge on any atom is 0.391 e. The zero-order valence-electron chi connectivity index (χ0n) is 15.0. The van der Waals surface area contributed by atoms with Crippen LogP contribution in [-0.4, -0.2) is 56.8 Å². The first-order valence-electron chi connectivity index (χ1n) is 8.59. The Morgan fingerprint density at radius 2 is 1.96 bits per heavy atom. The van der Waals surface area contributed by atoms with Gasteiger partial charge >= 0.3 is 6.18 Å². The molecule has 0 spiro atoms. The van der Waals surface area contributed by atoms with Gasteiger partial charge in [0.2, 0.25) is 0 Å². The summed E-state index contributed by atoms with van der Waals surface area (Å²) in [5, 5.41) is 6.34. The molecule has 0 aromatic carbocycles. The predicted octanol–water partition coefficient (Wildman–Crippen LogP) is 3.62. The molecule has 2 unspecified atom stereocenters. The van der Waals surface area contributed by atoms with Crippen molar-refractivity contribution in [2.45, 2.75) is 57.7 Å². The van der Waals surface area contributed by atoms with E-state index in [0.29, 0.717) is 12.4 Å². The van der Waals surface area contributed by atoms with Crippen molar-refractivity contribution < 1.29 is 13.2 Å². The molecule has 4 nitrogen and oxygen atoms in total. The number of hydrogen-bond donors (Lipinski definition) is 2. The second-order valence-corrected chi connectivity index (χ2v) is 6.40. The quantitative estimate of drug-likeness (QED) is 0.344. The summed E-state index contributed by atoms with van der Waals surface area (Å²) in [7, 11) is 3.72. The molecule has 1 fully saturated rings. The first-order chi connectivity index (χ1) is 10.9. The highest BCUT2D eigenvalue weighted by molar-refractivity contribution is 14.0. The molecule has 1 aliphatic carbocycles. The van der Waals surface area contributed by atoms with E-state index < -0.39 is 12.1 Å². The third-order valence-electron chi connectivity index (χ3n) is 4.38. The second kappa shape index (κ2) is 12.2. The molecular weight excluding hydrogens is 432 g/mol. The molecule has 144 valence electrons. The Kier molecular flexibility index (Phi) is 12.0. The van der Waals surface area contributed by atoms with E-state index in [-0.39, 0.29) is 42.9 Å². The number of nitrogens with one attached hydrogen (secondary N) is 2. The number of alkyl halides is 3. The molecule has 0 aliphatic heterocycles. The Hall–Kier alpha value is -0.250. The van der Waals surface area contributed by atoms with Crippen LogP contribution >= 0.6 is 24.0 Å². The molecule has 8 heteroatoms. The molecule has 0 amide bonds. The van der Waals surface area contributed by atoms with Crippen LogP contribution in [-0.2, 0) is 0 Å². The lowest BCUT2D eigenvalue weighted by atomic mass is 9.85. The maximum absolute atomic E-state index is 12.8. The van der Waals surface area contributed by atoms with Crippen molar-refractivity contribution in [2.24, 2.45) is 10.9 Å². The zero-order chi connectivity index (χ0) is 17.3. The van der Waals surface area contributed by atoms with E-state index in [1.54, 1.807) is 7.05 Å². The van der Waals surface area contributed by atoms with Gasteiger partial charge in [-0.05, 0) is 39.3 Å². The minimum Gasteiger partial charge on any atom is -0.355 e. The number of rotatable bonds is 7. The summed E-state index contributed by atoms with van der Waals surface area (Å²) < 4.78 is 38.5. The molecule has 0 saturated heterocycles. The van der Waals surface area contributed by atoms with Gasteiger partial charge in [-0.15, -0.1) is 24.0 Å². The SMILES string of the molecule is CCCCN(C)CCNC(=NC)NC1CCCC(C(F)(F)F)C1.I. The number of unbranched alkanes of at least 4 members (excludes halogenated alkanes) is 1. The van der Waals surface area contributed by atoms with Gasteiger partial charge in [-0.1, -0.05) is 19.8 Å². The molecule has 0 heterocycles. The van der Waals surface area contributed by atoms with Crippen LogP contribution in [0.2, 0.25) is 0 Å². The van der Waals surface area contributed by atoms with Crippen molar-refractivity contribution in [1.82, 2.24) is 15.5 Å². The fourth-order valence-electron chi connectivity index (χ4n) is 2.91. The minimum absolute atomic E-state index is 0. The van der Waals surface area contributed by atoms with Crippen LogP contribution < -0.4 is 10.6 Å². The van der Waals surface area contributed by atoms with Crippen LogP contribution in [0.4, 0.5) is 13.2 Å². The van der Waals surface area contributed by atoms with Gasteiger partial charge in [0.15, 0.2) is 5.96 Å². The van der Waals surface area contributed by atoms with Gasteiger partial charge in [0.1, 0.15) is 0 Å². The van der Waals surface area contributed by atoms with Crippen molar-refractivity contribution in [3.8, 4) is 0 Å². The van der Waals surface area contributed by atoms with E-state index in [1.807, 2.05) is 0 Å².